The summed E-state index contributed by atoms with van der Waals surface area (Å²) in [5, 5.41) is 9.96. The first-order valence-corrected chi connectivity index (χ1v) is 11.5. The first-order valence-electron chi connectivity index (χ1n) is 10.3. The normalized spacial score (nSPS) is 19.2. The van der Waals surface area contributed by atoms with E-state index in [1.165, 1.54) is 18.4 Å². The Morgan fingerprint density at radius 2 is 2.03 bits per heavy atom. The molecular weight excluding hydrogens is 418 g/mol. The minimum atomic E-state index is 0.444. The quantitative estimate of drug-likeness (QED) is 0.428. The number of halogens is 1. The summed E-state index contributed by atoms with van der Waals surface area (Å²) in [4.78, 5) is 14.6. The van der Waals surface area contributed by atoms with Gasteiger partial charge in [-0.15, -0.1) is 0 Å². The van der Waals surface area contributed by atoms with E-state index in [1.807, 2.05) is 24.3 Å². The number of hydrogen-bond donors (Lipinski definition) is 1. The molecule has 1 N–H and O–H groups in total. The molecular formula is C23H24ClN3O2S. The van der Waals surface area contributed by atoms with Crippen LogP contribution >= 0.6 is 23.5 Å². The van der Waals surface area contributed by atoms with Crippen LogP contribution in [0, 0.1) is 11.3 Å². The van der Waals surface area contributed by atoms with Gasteiger partial charge in [0.05, 0.1) is 33.5 Å². The van der Waals surface area contributed by atoms with Gasteiger partial charge in [-0.25, -0.2) is 0 Å². The van der Waals surface area contributed by atoms with Crippen LogP contribution in [0.15, 0.2) is 35.2 Å². The predicted octanol–water partition coefficient (Wildman–Crippen LogP) is 6.06. The molecule has 0 radical (unpaired) electrons. The molecule has 7 heteroatoms. The third-order valence-electron chi connectivity index (χ3n) is 5.71. The molecule has 0 aromatic heterocycles. The van der Waals surface area contributed by atoms with Crippen LogP contribution in [-0.2, 0) is 0 Å². The molecule has 2 aromatic carbocycles. The van der Waals surface area contributed by atoms with E-state index >= 15 is 0 Å². The lowest BCUT2D eigenvalue weighted by Gasteiger charge is -2.39. The summed E-state index contributed by atoms with van der Waals surface area (Å²) < 4.78 is 9.44. The van der Waals surface area contributed by atoms with Gasteiger partial charge in [0.1, 0.15) is 18.1 Å². The fourth-order valence-corrected chi connectivity index (χ4v) is 5.16. The smallest absolute Gasteiger partial charge is 0.150 e. The SMILES string of the molecule is N#Cc1cc2c(cc1Cl)N1CCCCC1CCCCOc1ccc(C=O)cc1SN2. The molecule has 1 unspecified atom stereocenters. The number of nitrogens with zero attached hydrogens (tertiary/aromatic N) is 2. The summed E-state index contributed by atoms with van der Waals surface area (Å²) in [6, 6.07) is 11.8. The third-order valence-corrected chi connectivity index (χ3v) is 6.88. The van der Waals surface area contributed by atoms with E-state index in [2.05, 4.69) is 15.7 Å². The molecule has 0 bridgehead atoms. The van der Waals surface area contributed by atoms with Crippen LogP contribution in [0.4, 0.5) is 11.4 Å². The molecule has 5 nitrogen and oxygen atoms in total. The number of nitrogens with one attached hydrogen (secondary N) is 1. The summed E-state index contributed by atoms with van der Waals surface area (Å²) in [7, 11) is 0. The van der Waals surface area contributed by atoms with Crippen molar-refractivity contribution >= 4 is 41.2 Å². The van der Waals surface area contributed by atoms with Gasteiger partial charge < -0.3 is 14.4 Å². The minimum Gasteiger partial charge on any atom is -0.492 e. The number of anilines is 2. The Morgan fingerprint density at radius 3 is 2.83 bits per heavy atom. The third kappa shape index (κ3) is 4.53. The van der Waals surface area contributed by atoms with Crippen molar-refractivity contribution in [1.82, 2.24) is 0 Å². The van der Waals surface area contributed by atoms with E-state index in [4.69, 9.17) is 16.3 Å². The maximum atomic E-state index is 11.3. The number of rotatable bonds is 1. The largest absolute Gasteiger partial charge is 0.492 e. The van der Waals surface area contributed by atoms with Gasteiger partial charge in [0.15, 0.2) is 0 Å². The number of benzene rings is 2. The molecule has 30 heavy (non-hydrogen) atoms. The van der Waals surface area contributed by atoms with E-state index in [-0.39, 0.29) is 0 Å². The Kier molecular flexibility index (Phi) is 6.71. The zero-order valence-corrected chi connectivity index (χ0v) is 18.3. The molecule has 156 valence electrons. The number of hydrogen-bond acceptors (Lipinski definition) is 6. The van der Waals surface area contributed by atoms with Crippen molar-refractivity contribution in [3.8, 4) is 11.8 Å². The van der Waals surface area contributed by atoms with Gasteiger partial charge in [0.25, 0.3) is 0 Å². The molecule has 2 aliphatic rings. The van der Waals surface area contributed by atoms with Crippen molar-refractivity contribution in [3.63, 3.8) is 0 Å². The topological polar surface area (TPSA) is 65.4 Å². The minimum absolute atomic E-state index is 0.444. The molecule has 1 fully saturated rings. The average molecular weight is 442 g/mol. The highest BCUT2D eigenvalue weighted by atomic mass is 35.5. The fourth-order valence-electron chi connectivity index (χ4n) is 4.16. The van der Waals surface area contributed by atoms with Gasteiger partial charge in [0.2, 0.25) is 0 Å². The van der Waals surface area contributed by atoms with Crippen molar-refractivity contribution in [1.29, 1.82) is 5.26 Å². The second-order valence-corrected chi connectivity index (χ2v) is 8.93. The van der Waals surface area contributed by atoms with Crippen LogP contribution in [-0.4, -0.2) is 25.5 Å². The number of fused-ring (bicyclic) bond motifs is 4. The maximum Gasteiger partial charge on any atom is 0.150 e. The summed E-state index contributed by atoms with van der Waals surface area (Å²) in [6.45, 7) is 1.63. The van der Waals surface area contributed by atoms with E-state index in [0.29, 0.717) is 28.8 Å². The summed E-state index contributed by atoms with van der Waals surface area (Å²) in [6.07, 6.45) is 7.55. The predicted molar refractivity (Wildman–Crippen MR) is 122 cm³/mol. The van der Waals surface area contributed by atoms with Crippen molar-refractivity contribution in [3.05, 3.63) is 46.5 Å². The van der Waals surface area contributed by atoms with Crippen LogP contribution in [0.25, 0.3) is 0 Å². The fraction of sp³-hybridized carbons (Fsp3) is 0.391. The van der Waals surface area contributed by atoms with Crippen molar-refractivity contribution in [2.75, 3.05) is 22.8 Å². The van der Waals surface area contributed by atoms with E-state index < -0.39 is 0 Å². The Hall–Kier alpha value is -2.36. The molecule has 2 heterocycles. The van der Waals surface area contributed by atoms with Crippen LogP contribution in [0.1, 0.15) is 54.4 Å². The van der Waals surface area contributed by atoms with Crippen molar-refractivity contribution < 1.29 is 9.53 Å². The van der Waals surface area contributed by atoms with E-state index in [1.54, 1.807) is 6.07 Å². The van der Waals surface area contributed by atoms with Gasteiger partial charge >= 0.3 is 0 Å². The van der Waals surface area contributed by atoms with Crippen molar-refractivity contribution in [2.45, 2.75) is 49.5 Å². The van der Waals surface area contributed by atoms with Gasteiger partial charge in [-0.05, 0) is 80.8 Å². The van der Waals surface area contributed by atoms with Gasteiger partial charge in [-0.1, -0.05) is 11.6 Å². The number of carbonyl (C=O) groups excluding carboxylic acids is 1. The standard InChI is InChI=1S/C23H24ClN3O2S/c24-19-13-21-20(12-17(19)14-25)26-30-23-11-16(15-28)7-8-22(23)29-10-4-2-6-18-5-1-3-9-27(18)21/h7-8,11-13,15,18,26H,1-6,9-10H2. The number of ether oxygens (including phenoxy) is 1. The van der Waals surface area contributed by atoms with Crippen LogP contribution in [0.2, 0.25) is 5.02 Å². The second kappa shape index (κ2) is 9.63. The first kappa shape index (κ1) is 20.9. The second-order valence-electron chi connectivity index (χ2n) is 7.68. The average Bonchev–Trinajstić information content (AvgIpc) is 2.79. The number of piperidine rings is 1. The number of carbonyl (C=O) groups is 1. The van der Waals surface area contributed by atoms with Crippen LogP contribution < -0.4 is 14.4 Å². The molecule has 1 atom stereocenters. The Bertz CT molecular complexity index is 976. The van der Waals surface area contributed by atoms with E-state index in [0.717, 1.165) is 67.0 Å². The molecule has 1 saturated heterocycles. The summed E-state index contributed by atoms with van der Waals surface area (Å²) >= 11 is 7.81. The Labute approximate surface area is 186 Å². The molecule has 4 rings (SSSR count). The highest BCUT2D eigenvalue weighted by Crippen LogP contribution is 2.40. The Balaban J connectivity index is 1.75. The lowest BCUT2D eigenvalue weighted by atomic mass is 9.96. The lowest BCUT2D eigenvalue weighted by Crippen LogP contribution is -2.40. The highest BCUT2D eigenvalue weighted by molar-refractivity contribution is 8.00. The van der Waals surface area contributed by atoms with Gasteiger partial charge in [-0.2, -0.15) is 5.26 Å². The first-order chi connectivity index (χ1) is 14.7. The summed E-state index contributed by atoms with van der Waals surface area (Å²) in [5.41, 5.74) is 2.93. The molecule has 0 amide bonds. The maximum absolute atomic E-state index is 11.3. The van der Waals surface area contributed by atoms with E-state index in [9.17, 15) is 10.1 Å². The lowest BCUT2D eigenvalue weighted by molar-refractivity contribution is 0.112. The highest BCUT2D eigenvalue weighted by Gasteiger charge is 2.26. The zero-order valence-electron chi connectivity index (χ0n) is 16.7. The van der Waals surface area contributed by atoms with Gasteiger partial charge in [0, 0.05) is 18.2 Å². The van der Waals surface area contributed by atoms with Crippen LogP contribution in [0.5, 0.6) is 5.75 Å². The van der Waals surface area contributed by atoms with Crippen LogP contribution in [0.3, 0.4) is 0 Å². The van der Waals surface area contributed by atoms with Crippen molar-refractivity contribution in [2.24, 2.45) is 0 Å². The molecule has 0 saturated carbocycles. The summed E-state index contributed by atoms with van der Waals surface area (Å²) in [5.74, 6) is 0.756. The molecule has 0 aliphatic carbocycles. The number of aldehydes is 1. The number of nitriles is 1. The Morgan fingerprint density at radius 1 is 1.20 bits per heavy atom. The zero-order chi connectivity index (χ0) is 20.9. The monoisotopic (exact) mass is 441 g/mol. The van der Waals surface area contributed by atoms with Gasteiger partial charge in [-0.3, -0.25) is 4.79 Å². The molecule has 2 aliphatic heterocycles. The molecule has 2 aromatic rings. The molecule has 0 spiro atoms.